The van der Waals surface area contributed by atoms with Crippen molar-refractivity contribution >= 4 is 11.8 Å². The van der Waals surface area contributed by atoms with Crippen molar-refractivity contribution < 1.29 is 18.7 Å². The second kappa shape index (κ2) is 9.08. The number of ether oxygens (including phenoxy) is 1. The fourth-order valence-electron chi connectivity index (χ4n) is 5.16. The molecule has 2 aromatic carbocycles. The fourth-order valence-corrected chi connectivity index (χ4v) is 5.16. The average molecular weight is 425 g/mol. The second-order valence-corrected chi connectivity index (χ2v) is 8.53. The van der Waals surface area contributed by atoms with E-state index in [2.05, 4.69) is 5.32 Å². The maximum Gasteiger partial charge on any atom is 0.258 e. The van der Waals surface area contributed by atoms with Crippen LogP contribution in [0.4, 0.5) is 4.39 Å². The summed E-state index contributed by atoms with van der Waals surface area (Å²) in [6.07, 6.45) is 4.74. The van der Waals surface area contributed by atoms with Crippen molar-refractivity contribution in [1.82, 2.24) is 10.2 Å². The maximum atomic E-state index is 14.2. The summed E-state index contributed by atoms with van der Waals surface area (Å²) in [6, 6.07) is 12.6. The number of benzene rings is 2. The van der Waals surface area contributed by atoms with Gasteiger partial charge >= 0.3 is 0 Å². The molecule has 2 fully saturated rings. The maximum absolute atomic E-state index is 14.2. The Labute approximate surface area is 182 Å². The van der Waals surface area contributed by atoms with Crippen molar-refractivity contribution in [2.45, 2.75) is 57.2 Å². The van der Waals surface area contributed by atoms with Gasteiger partial charge in [-0.25, -0.2) is 4.39 Å². The summed E-state index contributed by atoms with van der Waals surface area (Å²) in [7, 11) is 1.54. The lowest BCUT2D eigenvalue weighted by atomic mass is 9.84. The number of hydrogen-bond donors (Lipinski definition) is 1. The lowest BCUT2D eigenvalue weighted by Gasteiger charge is -2.34. The largest absolute Gasteiger partial charge is 0.496 e. The van der Waals surface area contributed by atoms with Crippen LogP contribution in [-0.2, 0) is 4.79 Å². The van der Waals surface area contributed by atoms with E-state index in [1.54, 1.807) is 55.3 Å². The van der Waals surface area contributed by atoms with Crippen molar-refractivity contribution in [2.24, 2.45) is 5.92 Å². The molecule has 0 bridgehead atoms. The predicted molar refractivity (Wildman–Crippen MR) is 116 cm³/mol. The third-order valence-corrected chi connectivity index (χ3v) is 6.69. The minimum atomic E-state index is -0.570. The Kier molecular flexibility index (Phi) is 6.25. The molecule has 1 saturated heterocycles. The molecule has 0 unspecified atom stereocenters. The molecule has 31 heavy (non-hydrogen) atoms. The molecule has 1 aliphatic heterocycles. The molecule has 2 amide bonds. The summed E-state index contributed by atoms with van der Waals surface area (Å²) >= 11 is 0. The number of para-hydroxylation sites is 1. The van der Waals surface area contributed by atoms with Gasteiger partial charge < -0.3 is 15.0 Å². The van der Waals surface area contributed by atoms with E-state index in [1.165, 1.54) is 6.07 Å². The highest BCUT2D eigenvalue weighted by Gasteiger charge is 2.48. The first-order valence-corrected chi connectivity index (χ1v) is 11.0. The fraction of sp³-hybridized carbons (Fsp3) is 0.440. The lowest BCUT2D eigenvalue weighted by molar-refractivity contribution is -0.125. The number of hydrogen-bond acceptors (Lipinski definition) is 3. The van der Waals surface area contributed by atoms with Crippen LogP contribution < -0.4 is 10.1 Å². The van der Waals surface area contributed by atoms with Gasteiger partial charge in [-0.1, -0.05) is 43.2 Å². The molecule has 5 nitrogen and oxygen atoms in total. The molecule has 0 radical (unpaired) electrons. The first-order chi connectivity index (χ1) is 15.0. The SMILES string of the molecule is COc1ccccc1C(=O)N1[C@@H]2CCCC[C@H]2C[C@H]1C(=O)N[C@H](C)c1ccccc1F. The zero-order valence-electron chi connectivity index (χ0n) is 18.0. The number of carbonyl (C=O) groups is 2. The Balaban J connectivity index is 1.61. The Morgan fingerprint density at radius 1 is 1.10 bits per heavy atom. The van der Waals surface area contributed by atoms with Gasteiger partial charge in [-0.3, -0.25) is 9.59 Å². The van der Waals surface area contributed by atoms with Gasteiger partial charge in [-0.05, 0) is 50.3 Å². The van der Waals surface area contributed by atoms with Gasteiger partial charge in [0.05, 0.1) is 18.7 Å². The highest BCUT2D eigenvalue weighted by Crippen LogP contribution is 2.41. The van der Waals surface area contributed by atoms with E-state index in [9.17, 15) is 14.0 Å². The molecule has 6 heteroatoms. The highest BCUT2D eigenvalue weighted by atomic mass is 19.1. The lowest BCUT2D eigenvalue weighted by Crippen LogP contribution is -2.50. The van der Waals surface area contributed by atoms with E-state index in [4.69, 9.17) is 4.74 Å². The summed E-state index contributed by atoms with van der Waals surface area (Å²) in [5, 5.41) is 2.95. The summed E-state index contributed by atoms with van der Waals surface area (Å²) in [5.41, 5.74) is 0.907. The molecule has 2 aromatic rings. The number of rotatable bonds is 5. The van der Waals surface area contributed by atoms with Gasteiger partial charge in [-0.2, -0.15) is 0 Å². The van der Waals surface area contributed by atoms with Crippen molar-refractivity contribution in [1.29, 1.82) is 0 Å². The normalized spacial score (nSPS) is 23.7. The van der Waals surface area contributed by atoms with E-state index < -0.39 is 12.1 Å². The van der Waals surface area contributed by atoms with Crippen LogP contribution in [0.2, 0.25) is 0 Å². The Bertz CT molecular complexity index is 963. The average Bonchev–Trinajstić information content (AvgIpc) is 3.18. The number of amides is 2. The van der Waals surface area contributed by atoms with Crippen LogP contribution >= 0.6 is 0 Å². The van der Waals surface area contributed by atoms with Crippen LogP contribution in [-0.4, -0.2) is 35.9 Å². The van der Waals surface area contributed by atoms with Gasteiger partial charge in [0, 0.05) is 11.6 Å². The Morgan fingerprint density at radius 2 is 1.81 bits per heavy atom. The number of nitrogens with one attached hydrogen (secondary N) is 1. The van der Waals surface area contributed by atoms with E-state index in [0.717, 1.165) is 25.7 Å². The zero-order valence-corrected chi connectivity index (χ0v) is 18.0. The van der Waals surface area contributed by atoms with Crippen molar-refractivity contribution in [3.8, 4) is 5.75 Å². The Hall–Kier alpha value is -2.89. The first kappa shape index (κ1) is 21.3. The topological polar surface area (TPSA) is 58.6 Å². The molecule has 1 N–H and O–H groups in total. The molecule has 164 valence electrons. The monoisotopic (exact) mass is 424 g/mol. The van der Waals surface area contributed by atoms with Gasteiger partial charge in [0.25, 0.3) is 5.91 Å². The quantitative estimate of drug-likeness (QED) is 0.770. The minimum absolute atomic E-state index is 0.0469. The highest BCUT2D eigenvalue weighted by molar-refractivity contribution is 6.00. The third kappa shape index (κ3) is 4.16. The van der Waals surface area contributed by atoms with Crippen LogP contribution in [0.5, 0.6) is 5.75 Å². The summed E-state index contributed by atoms with van der Waals surface area (Å²) < 4.78 is 19.6. The first-order valence-electron chi connectivity index (χ1n) is 11.0. The smallest absolute Gasteiger partial charge is 0.258 e. The van der Waals surface area contributed by atoms with Crippen molar-refractivity contribution in [2.75, 3.05) is 7.11 Å². The molecule has 0 aromatic heterocycles. The van der Waals surface area contributed by atoms with Crippen molar-refractivity contribution in [3.05, 3.63) is 65.5 Å². The number of nitrogens with zero attached hydrogens (tertiary/aromatic N) is 1. The van der Waals surface area contributed by atoms with Gasteiger partial charge in [0.15, 0.2) is 0 Å². The zero-order chi connectivity index (χ0) is 22.0. The molecular weight excluding hydrogens is 395 g/mol. The van der Waals surface area contributed by atoms with Crippen LogP contribution in [0.1, 0.15) is 61.0 Å². The number of carbonyl (C=O) groups excluding carboxylic acids is 2. The molecule has 4 atom stereocenters. The number of fused-ring (bicyclic) bond motifs is 1. The minimum Gasteiger partial charge on any atom is -0.496 e. The molecule has 1 heterocycles. The summed E-state index contributed by atoms with van der Waals surface area (Å²) in [4.78, 5) is 28.7. The van der Waals surface area contributed by atoms with Crippen LogP contribution in [0, 0.1) is 11.7 Å². The third-order valence-electron chi connectivity index (χ3n) is 6.69. The van der Waals surface area contributed by atoms with E-state index in [0.29, 0.717) is 29.2 Å². The summed E-state index contributed by atoms with van der Waals surface area (Å²) in [6.45, 7) is 1.77. The van der Waals surface area contributed by atoms with Crippen molar-refractivity contribution in [3.63, 3.8) is 0 Å². The molecule has 1 saturated carbocycles. The van der Waals surface area contributed by atoms with E-state index >= 15 is 0 Å². The van der Waals surface area contributed by atoms with E-state index in [1.807, 2.05) is 6.07 Å². The van der Waals surface area contributed by atoms with Gasteiger partial charge in [0.2, 0.25) is 5.91 Å². The van der Waals surface area contributed by atoms with Crippen LogP contribution in [0.25, 0.3) is 0 Å². The van der Waals surface area contributed by atoms with Crippen LogP contribution in [0.15, 0.2) is 48.5 Å². The summed E-state index contributed by atoms with van der Waals surface area (Å²) in [5.74, 6) is 0.0638. The molecule has 2 aliphatic rings. The predicted octanol–water partition coefficient (Wildman–Crippen LogP) is 4.49. The molecular formula is C25H29FN2O3. The van der Waals surface area contributed by atoms with Gasteiger partial charge in [-0.15, -0.1) is 0 Å². The van der Waals surface area contributed by atoms with Crippen LogP contribution in [0.3, 0.4) is 0 Å². The second-order valence-electron chi connectivity index (χ2n) is 8.53. The van der Waals surface area contributed by atoms with Gasteiger partial charge in [0.1, 0.15) is 17.6 Å². The standard InChI is InChI=1S/C25H29FN2O3/c1-16(18-10-4-6-12-20(18)26)27-24(29)22-15-17-9-3-7-13-21(17)28(22)25(30)19-11-5-8-14-23(19)31-2/h4-6,8,10-12,14,16-17,21-22H,3,7,9,13,15H2,1-2H3,(H,27,29)/t16-,17+,21-,22+/m1/s1. The molecule has 0 spiro atoms. The number of halogens is 1. The molecule has 1 aliphatic carbocycles. The van der Waals surface area contributed by atoms with E-state index in [-0.39, 0.29) is 23.7 Å². The molecule has 4 rings (SSSR count). The number of likely N-dealkylation sites (tertiary alicyclic amines) is 1. The Morgan fingerprint density at radius 3 is 2.58 bits per heavy atom. The number of methoxy groups -OCH3 is 1.